The molecule has 0 fully saturated rings. The summed E-state index contributed by atoms with van der Waals surface area (Å²) in [7, 11) is 0. The molecular weight excluding hydrogens is 266 g/mol. The highest BCUT2D eigenvalue weighted by molar-refractivity contribution is 5.97. The molecule has 3 aromatic rings. The summed E-state index contributed by atoms with van der Waals surface area (Å²) in [5, 5.41) is 1.27. The topological polar surface area (TPSA) is 12.9 Å². The molecule has 0 aliphatic heterocycles. The van der Waals surface area contributed by atoms with Crippen LogP contribution < -0.4 is 0 Å². The second kappa shape index (κ2) is 4.67. The van der Waals surface area contributed by atoms with E-state index in [-0.39, 0.29) is 5.41 Å². The van der Waals surface area contributed by atoms with Gasteiger partial charge in [-0.1, -0.05) is 69.3 Å². The number of hydrogen-bond acceptors (Lipinski definition) is 1. The lowest BCUT2D eigenvalue weighted by Crippen LogP contribution is -2.14. The van der Waals surface area contributed by atoms with Gasteiger partial charge in [0.25, 0.3) is 0 Å². The van der Waals surface area contributed by atoms with E-state index in [1.807, 2.05) is 0 Å². The first-order chi connectivity index (χ1) is 10.6. The SMILES string of the molecule is CC1CC(C)(C)c2c1nc1ccccc1c2-c1ccccc1. The van der Waals surface area contributed by atoms with E-state index in [1.165, 1.54) is 34.2 Å². The summed E-state index contributed by atoms with van der Waals surface area (Å²) in [4.78, 5) is 5.02. The molecule has 22 heavy (non-hydrogen) atoms. The monoisotopic (exact) mass is 287 g/mol. The van der Waals surface area contributed by atoms with E-state index in [0.717, 1.165) is 5.52 Å². The molecule has 0 spiro atoms. The zero-order valence-electron chi connectivity index (χ0n) is 13.4. The van der Waals surface area contributed by atoms with Gasteiger partial charge in [0.15, 0.2) is 0 Å². The maximum Gasteiger partial charge on any atom is 0.0711 e. The summed E-state index contributed by atoms with van der Waals surface area (Å²) in [6, 6.07) is 19.3. The maximum absolute atomic E-state index is 5.02. The molecule has 1 aromatic heterocycles. The molecular formula is C21H21N. The van der Waals surface area contributed by atoms with Crippen molar-refractivity contribution in [2.75, 3.05) is 0 Å². The number of aromatic nitrogens is 1. The van der Waals surface area contributed by atoms with Gasteiger partial charge in [-0.15, -0.1) is 0 Å². The molecule has 4 rings (SSSR count). The van der Waals surface area contributed by atoms with Gasteiger partial charge < -0.3 is 0 Å². The highest BCUT2D eigenvalue weighted by Gasteiger charge is 2.38. The van der Waals surface area contributed by atoms with E-state index >= 15 is 0 Å². The van der Waals surface area contributed by atoms with Crippen molar-refractivity contribution in [2.45, 2.75) is 38.5 Å². The van der Waals surface area contributed by atoms with Gasteiger partial charge in [0, 0.05) is 11.1 Å². The molecule has 0 N–H and O–H groups in total. The summed E-state index contributed by atoms with van der Waals surface area (Å²) >= 11 is 0. The summed E-state index contributed by atoms with van der Waals surface area (Å²) in [5.41, 5.74) is 6.73. The summed E-state index contributed by atoms with van der Waals surface area (Å²) in [6.45, 7) is 7.03. The molecule has 0 amide bonds. The van der Waals surface area contributed by atoms with Gasteiger partial charge in [0.05, 0.1) is 5.52 Å². The number of pyridine rings is 1. The van der Waals surface area contributed by atoms with Crippen LogP contribution in [0.5, 0.6) is 0 Å². The quantitative estimate of drug-likeness (QED) is 0.560. The number of rotatable bonds is 1. The van der Waals surface area contributed by atoms with Crippen molar-refractivity contribution >= 4 is 10.9 Å². The highest BCUT2D eigenvalue weighted by atomic mass is 14.7. The molecule has 110 valence electrons. The van der Waals surface area contributed by atoms with Crippen LogP contribution >= 0.6 is 0 Å². The Morgan fingerprint density at radius 1 is 0.955 bits per heavy atom. The highest BCUT2D eigenvalue weighted by Crippen LogP contribution is 2.50. The molecule has 2 aromatic carbocycles. The minimum absolute atomic E-state index is 0.178. The third kappa shape index (κ3) is 1.89. The van der Waals surface area contributed by atoms with Gasteiger partial charge in [-0.3, -0.25) is 4.98 Å². The van der Waals surface area contributed by atoms with E-state index in [4.69, 9.17) is 4.98 Å². The number of para-hydroxylation sites is 1. The number of hydrogen-bond donors (Lipinski definition) is 0. The van der Waals surface area contributed by atoms with Gasteiger partial charge in [-0.2, -0.15) is 0 Å². The molecule has 0 saturated heterocycles. The zero-order chi connectivity index (χ0) is 15.3. The Hall–Kier alpha value is -2.15. The van der Waals surface area contributed by atoms with Crippen LogP contribution in [0.25, 0.3) is 22.0 Å². The zero-order valence-corrected chi connectivity index (χ0v) is 13.4. The molecule has 0 saturated carbocycles. The standard InChI is InChI=1S/C21H21N/c1-14-13-21(2,3)19-18(15-9-5-4-6-10-15)16-11-7-8-12-17(16)22-20(14)19/h4-12,14H,13H2,1-3H3. The fourth-order valence-corrected chi connectivity index (χ4v) is 4.14. The van der Waals surface area contributed by atoms with Crippen molar-refractivity contribution in [1.29, 1.82) is 0 Å². The van der Waals surface area contributed by atoms with E-state index in [0.29, 0.717) is 5.92 Å². The first-order valence-electron chi connectivity index (χ1n) is 8.06. The van der Waals surface area contributed by atoms with Crippen LogP contribution in [0.3, 0.4) is 0 Å². The normalized spacial score (nSPS) is 19.3. The van der Waals surface area contributed by atoms with Crippen molar-refractivity contribution in [3.05, 3.63) is 65.9 Å². The molecule has 0 bridgehead atoms. The Kier molecular flexibility index (Phi) is 2.87. The van der Waals surface area contributed by atoms with Crippen molar-refractivity contribution in [2.24, 2.45) is 0 Å². The van der Waals surface area contributed by atoms with Crippen molar-refractivity contribution < 1.29 is 0 Å². The van der Waals surface area contributed by atoms with Gasteiger partial charge in [-0.25, -0.2) is 0 Å². The lowest BCUT2D eigenvalue weighted by molar-refractivity contribution is 0.489. The molecule has 1 nitrogen and oxygen atoms in total. The van der Waals surface area contributed by atoms with Crippen molar-refractivity contribution in [3.63, 3.8) is 0 Å². The largest absolute Gasteiger partial charge is 0.252 e. The van der Waals surface area contributed by atoms with E-state index in [2.05, 4.69) is 75.4 Å². The molecule has 1 aliphatic carbocycles. The minimum Gasteiger partial charge on any atom is -0.252 e. The number of fused-ring (bicyclic) bond motifs is 2. The average molecular weight is 287 g/mol. The second-order valence-electron chi connectivity index (χ2n) is 7.12. The van der Waals surface area contributed by atoms with Crippen LogP contribution in [0.1, 0.15) is 44.4 Å². The molecule has 1 aliphatic rings. The summed E-state index contributed by atoms with van der Waals surface area (Å²) in [6.07, 6.45) is 1.17. The van der Waals surface area contributed by atoms with Crippen LogP contribution in [0.2, 0.25) is 0 Å². The van der Waals surface area contributed by atoms with Gasteiger partial charge >= 0.3 is 0 Å². The first-order valence-corrected chi connectivity index (χ1v) is 8.06. The molecule has 1 unspecified atom stereocenters. The predicted molar refractivity (Wildman–Crippen MR) is 93.2 cm³/mol. The second-order valence-corrected chi connectivity index (χ2v) is 7.12. The van der Waals surface area contributed by atoms with Crippen LogP contribution in [0, 0.1) is 0 Å². The molecule has 0 radical (unpaired) electrons. The fourth-order valence-electron chi connectivity index (χ4n) is 4.14. The van der Waals surface area contributed by atoms with Gasteiger partial charge in [0.1, 0.15) is 0 Å². The van der Waals surface area contributed by atoms with Crippen molar-refractivity contribution in [3.8, 4) is 11.1 Å². The maximum atomic E-state index is 5.02. The average Bonchev–Trinajstić information content (AvgIpc) is 2.75. The van der Waals surface area contributed by atoms with Crippen molar-refractivity contribution in [1.82, 2.24) is 4.98 Å². The van der Waals surface area contributed by atoms with Crippen LogP contribution in [0.15, 0.2) is 54.6 Å². The Bertz CT molecular complexity index is 846. The summed E-state index contributed by atoms with van der Waals surface area (Å²) in [5.74, 6) is 0.525. The molecule has 1 heterocycles. The lowest BCUT2D eigenvalue weighted by Gasteiger charge is -2.23. The minimum atomic E-state index is 0.178. The van der Waals surface area contributed by atoms with Crippen LogP contribution in [-0.4, -0.2) is 4.98 Å². The van der Waals surface area contributed by atoms with Gasteiger partial charge in [-0.05, 0) is 40.5 Å². The Labute approximate surface area is 132 Å². The first kappa shape index (κ1) is 13.5. The Morgan fingerprint density at radius 2 is 1.64 bits per heavy atom. The summed E-state index contributed by atoms with van der Waals surface area (Å²) < 4.78 is 0. The Morgan fingerprint density at radius 3 is 2.41 bits per heavy atom. The smallest absolute Gasteiger partial charge is 0.0711 e. The number of nitrogens with zero attached hydrogens (tertiary/aromatic N) is 1. The predicted octanol–water partition coefficient (Wildman–Crippen LogP) is 5.69. The van der Waals surface area contributed by atoms with Crippen LogP contribution in [0.4, 0.5) is 0 Å². The van der Waals surface area contributed by atoms with E-state index < -0.39 is 0 Å². The van der Waals surface area contributed by atoms with E-state index in [9.17, 15) is 0 Å². The third-order valence-electron chi connectivity index (χ3n) is 4.94. The fraction of sp³-hybridized carbons (Fsp3) is 0.286. The molecule has 1 heteroatoms. The number of benzene rings is 2. The molecule has 1 atom stereocenters. The Balaban J connectivity index is 2.18. The van der Waals surface area contributed by atoms with E-state index in [1.54, 1.807) is 0 Å². The van der Waals surface area contributed by atoms with Crippen LogP contribution in [-0.2, 0) is 5.41 Å². The third-order valence-corrected chi connectivity index (χ3v) is 4.94. The van der Waals surface area contributed by atoms with Gasteiger partial charge in [0.2, 0.25) is 0 Å². The lowest BCUT2D eigenvalue weighted by atomic mass is 9.81.